The summed E-state index contributed by atoms with van der Waals surface area (Å²) in [7, 11) is 0. The second kappa shape index (κ2) is 4.07. The van der Waals surface area contributed by atoms with Crippen LogP contribution in [0.15, 0.2) is 0 Å². The zero-order valence-corrected chi connectivity index (χ0v) is 7.55. The van der Waals surface area contributed by atoms with Gasteiger partial charge in [0.1, 0.15) is 0 Å². The zero-order valence-electron chi connectivity index (χ0n) is 7.55. The Balaban J connectivity index is 1.96. The Morgan fingerprint density at radius 3 is 2.55 bits per heavy atom. The maximum Gasteiger partial charge on any atom is 0.0581 e. The summed E-state index contributed by atoms with van der Waals surface area (Å²) in [6.45, 7) is 6.10. The topological polar surface area (TPSA) is 35.2 Å². The molecule has 1 aliphatic carbocycles. The van der Waals surface area contributed by atoms with Gasteiger partial charge in [-0.3, -0.25) is 0 Å². The molecule has 1 saturated carbocycles. The van der Waals surface area contributed by atoms with E-state index in [9.17, 15) is 0 Å². The van der Waals surface area contributed by atoms with Gasteiger partial charge in [-0.15, -0.1) is 0 Å². The molecule has 0 amide bonds. The van der Waals surface area contributed by atoms with Crippen LogP contribution >= 0.6 is 0 Å². The third kappa shape index (κ3) is 2.80. The van der Waals surface area contributed by atoms with Crippen LogP contribution in [0.1, 0.15) is 26.7 Å². The van der Waals surface area contributed by atoms with E-state index in [0.29, 0.717) is 12.0 Å². The van der Waals surface area contributed by atoms with E-state index in [2.05, 4.69) is 13.8 Å². The van der Waals surface area contributed by atoms with Crippen LogP contribution in [0.25, 0.3) is 0 Å². The average Bonchev–Trinajstić information content (AvgIpc) is 1.84. The summed E-state index contributed by atoms with van der Waals surface area (Å²) in [5, 5.41) is 0. The number of hydrogen-bond acceptors (Lipinski definition) is 2. The molecular weight excluding hydrogens is 138 g/mol. The average molecular weight is 157 g/mol. The van der Waals surface area contributed by atoms with Crippen molar-refractivity contribution in [3.8, 4) is 0 Å². The fourth-order valence-corrected chi connectivity index (χ4v) is 1.33. The van der Waals surface area contributed by atoms with Gasteiger partial charge in [-0.05, 0) is 31.2 Å². The van der Waals surface area contributed by atoms with E-state index in [0.717, 1.165) is 19.1 Å². The van der Waals surface area contributed by atoms with E-state index in [1.165, 1.54) is 12.8 Å². The molecule has 0 saturated heterocycles. The van der Waals surface area contributed by atoms with Gasteiger partial charge in [0.15, 0.2) is 0 Å². The van der Waals surface area contributed by atoms with Gasteiger partial charge in [0.05, 0.1) is 6.10 Å². The quantitative estimate of drug-likeness (QED) is 0.669. The molecule has 0 aromatic heterocycles. The van der Waals surface area contributed by atoms with Crippen molar-refractivity contribution in [3.63, 3.8) is 0 Å². The number of hydrogen-bond donors (Lipinski definition) is 1. The Bertz CT molecular complexity index is 108. The maximum absolute atomic E-state index is 5.62. The van der Waals surface area contributed by atoms with Gasteiger partial charge in [0.25, 0.3) is 0 Å². The molecule has 0 aliphatic heterocycles. The van der Waals surface area contributed by atoms with Crippen LogP contribution in [0.3, 0.4) is 0 Å². The molecule has 0 unspecified atom stereocenters. The van der Waals surface area contributed by atoms with Gasteiger partial charge in [-0.2, -0.15) is 0 Å². The lowest BCUT2D eigenvalue weighted by Gasteiger charge is -2.34. The number of ether oxygens (including phenoxy) is 1. The summed E-state index contributed by atoms with van der Waals surface area (Å²) in [4.78, 5) is 0. The lowest BCUT2D eigenvalue weighted by atomic mass is 9.82. The standard InChI is InChI=1S/C9H19NO/c1-7(2)6-11-9-3-8(4-9)5-10/h7-9H,3-6,10H2,1-2H3/t8-,9-. The Hall–Kier alpha value is -0.0800. The summed E-state index contributed by atoms with van der Waals surface area (Å²) in [5.41, 5.74) is 5.50. The number of nitrogens with two attached hydrogens (primary N) is 1. The van der Waals surface area contributed by atoms with E-state index in [4.69, 9.17) is 10.5 Å². The highest BCUT2D eigenvalue weighted by molar-refractivity contribution is 4.80. The van der Waals surface area contributed by atoms with Crippen LogP contribution in [-0.2, 0) is 4.74 Å². The van der Waals surface area contributed by atoms with Crippen molar-refractivity contribution in [2.75, 3.05) is 13.2 Å². The van der Waals surface area contributed by atoms with E-state index in [1.807, 2.05) is 0 Å². The summed E-state index contributed by atoms with van der Waals surface area (Å²) >= 11 is 0. The SMILES string of the molecule is CC(C)CO[C@H]1C[C@H](CN)C1. The molecule has 0 spiro atoms. The molecule has 0 heterocycles. The lowest BCUT2D eigenvalue weighted by Crippen LogP contribution is -2.36. The lowest BCUT2D eigenvalue weighted by molar-refractivity contribution is -0.0383. The Morgan fingerprint density at radius 2 is 2.09 bits per heavy atom. The number of rotatable bonds is 4. The molecule has 2 heteroatoms. The predicted octanol–water partition coefficient (Wildman–Crippen LogP) is 1.40. The van der Waals surface area contributed by atoms with Gasteiger partial charge in [-0.1, -0.05) is 13.8 Å². The normalized spacial score (nSPS) is 30.5. The minimum absolute atomic E-state index is 0.519. The molecule has 0 aromatic rings. The molecule has 1 fully saturated rings. The van der Waals surface area contributed by atoms with Crippen molar-refractivity contribution in [2.24, 2.45) is 17.6 Å². The van der Waals surface area contributed by atoms with E-state index >= 15 is 0 Å². The summed E-state index contributed by atoms with van der Waals surface area (Å²) in [5.74, 6) is 1.40. The predicted molar refractivity (Wildman–Crippen MR) is 46.4 cm³/mol. The molecule has 0 aromatic carbocycles. The summed E-state index contributed by atoms with van der Waals surface area (Å²) in [6, 6.07) is 0. The van der Waals surface area contributed by atoms with Crippen molar-refractivity contribution in [1.82, 2.24) is 0 Å². The smallest absolute Gasteiger partial charge is 0.0581 e. The van der Waals surface area contributed by atoms with Gasteiger partial charge in [0, 0.05) is 6.61 Å². The summed E-state index contributed by atoms with van der Waals surface area (Å²) < 4.78 is 5.62. The minimum atomic E-state index is 0.519. The van der Waals surface area contributed by atoms with Crippen LogP contribution in [0.5, 0.6) is 0 Å². The van der Waals surface area contributed by atoms with Crippen molar-refractivity contribution in [2.45, 2.75) is 32.8 Å². The van der Waals surface area contributed by atoms with Crippen molar-refractivity contribution in [3.05, 3.63) is 0 Å². The highest BCUT2D eigenvalue weighted by atomic mass is 16.5. The third-order valence-corrected chi connectivity index (χ3v) is 2.19. The fourth-order valence-electron chi connectivity index (χ4n) is 1.33. The highest BCUT2D eigenvalue weighted by Gasteiger charge is 2.28. The molecule has 2 N–H and O–H groups in total. The molecule has 1 rings (SSSR count). The second-order valence-electron chi connectivity index (χ2n) is 3.92. The zero-order chi connectivity index (χ0) is 8.27. The molecule has 1 aliphatic rings. The largest absolute Gasteiger partial charge is 0.378 e. The van der Waals surface area contributed by atoms with Gasteiger partial charge >= 0.3 is 0 Å². The van der Waals surface area contributed by atoms with Crippen LogP contribution in [0, 0.1) is 11.8 Å². The fraction of sp³-hybridized carbons (Fsp3) is 1.00. The highest BCUT2D eigenvalue weighted by Crippen LogP contribution is 2.29. The molecule has 0 atom stereocenters. The van der Waals surface area contributed by atoms with Crippen LogP contribution < -0.4 is 5.73 Å². The van der Waals surface area contributed by atoms with Crippen molar-refractivity contribution >= 4 is 0 Å². The first-order valence-electron chi connectivity index (χ1n) is 4.54. The molecule has 2 nitrogen and oxygen atoms in total. The first kappa shape index (κ1) is 9.01. The minimum Gasteiger partial charge on any atom is -0.378 e. The van der Waals surface area contributed by atoms with E-state index in [-0.39, 0.29) is 0 Å². The van der Waals surface area contributed by atoms with Gasteiger partial charge in [-0.25, -0.2) is 0 Å². The van der Waals surface area contributed by atoms with Crippen LogP contribution in [0.2, 0.25) is 0 Å². The molecular formula is C9H19NO. The van der Waals surface area contributed by atoms with Crippen LogP contribution in [0.4, 0.5) is 0 Å². The first-order valence-corrected chi connectivity index (χ1v) is 4.54. The Morgan fingerprint density at radius 1 is 1.45 bits per heavy atom. The third-order valence-electron chi connectivity index (χ3n) is 2.19. The van der Waals surface area contributed by atoms with Crippen LogP contribution in [-0.4, -0.2) is 19.3 Å². The second-order valence-corrected chi connectivity index (χ2v) is 3.92. The Kier molecular flexibility index (Phi) is 3.34. The first-order chi connectivity index (χ1) is 5.22. The maximum atomic E-state index is 5.62. The summed E-state index contributed by atoms with van der Waals surface area (Å²) in [6.07, 6.45) is 2.89. The molecule has 66 valence electrons. The molecule has 11 heavy (non-hydrogen) atoms. The molecule has 0 radical (unpaired) electrons. The van der Waals surface area contributed by atoms with E-state index in [1.54, 1.807) is 0 Å². The molecule has 0 bridgehead atoms. The monoisotopic (exact) mass is 157 g/mol. The van der Waals surface area contributed by atoms with Crippen molar-refractivity contribution < 1.29 is 4.74 Å². The van der Waals surface area contributed by atoms with Crippen molar-refractivity contribution in [1.29, 1.82) is 0 Å². The van der Waals surface area contributed by atoms with E-state index < -0.39 is 0 Å². The van der Waals surface area contributed by atoms with Gasteiger partial charge in [0.2, 0.25) is 0 Å². The Labute approximate surface area is 69.1 Å². The van der Waals surface area contributed by atoms with Gasteiger partial charge < -0.3 is 10.5 Å².